The van der Waals surface area contributed by atoms with Crippen LogP contribution in [0.3, 0.4) is 0 Å². The molecule has 122 valence electrons. The summed E-state index contributed by atoms with van der Waals surface area (Å²) in [5.74, 6) is -0.512. The maximum absolute atomic E-state index is 12.3. The van der Waals surface area contributed by atoms with E-state index in [1.165, 1.54) is 15.8 Å². The first-order chi connectivity index (χ1) is 10.8. The third-order valence-electron chi connectivity index (χ3n) is 3.33. The highest BCUT2D eigenvalue weighted by atomic mass is 16.2. The molecule has 8 heteroatoms. The first kappa shape index (κ1) is 16.6. The van der Waals surface area contributed by atoms with Crippen LogP contribution in [0.4, 0.5) is 5.69 Å². The second-order valence-electron chi connectivity index (χ2n) is 5.58. The average Bonchev–Trinajstić information content (AvgIpc) is 2.91. The number of nitrogens with one attached hydrogen (secondary N) is 1. The van der Waals surface area contributed by atoms with Crippen LogP contribution in [0, 0.1) is 20.8 Å². The second kappa shape index (κ2) is 6.55. The van der Waals surface area contributed by atoms with Crippen LogP contribution in [0.5, 0.6) is 0 Å². The molecule has 0 aromatic carbocycles. The van der Waals surface area contributed by atoms with Crippen LogP contribution >= 0.6 is 0 Å². The lowest BCUT2D eigenvalue weighted by Crippen LogP contribution is -2.26. The van der Waals surface area contributed by atoms with E-state index in [2.05, 4.69) is 20.6 Å². The summed E-state index contributed by atoms with van der Waals surface area (Å²) in [6.07, 6.45) is 1.45. The number of pyridine rings is 1. The lowest BCUT2D eigenvalue weighted by Gasteiger charge is -2.10. The van der Waals surface area contributed by atoms with Crippen molar-refractivity contribution in [2.24, 2.45) is 0 Å². The molecule has 1 N–H and O–H groups in total. The summed E-state index contributed by atoms with van der Waals surface area (Å²) in [6.45, 7) is 5.68. The summed E-state index contributed by atoms with van der Waals surface area (Å²) in [4.78, 5) is 29.7. The molecule has 2 heterocycles. The van der Waals surface area contributed by atoms with Gasteiger partial charge >= 0.3 is 0 Å². The zero-order valence-electron chi connectivity index (χ0n) is 13.9. The van der Waals surface area contributed by atoms with Gasteiger partial charge in [-0.15, -0.1) is 5.10 Å². The molecule has 0 bridgehead atoms. The number of aromatic nitrogens is 4. The highest BCUT2D eigenvalue weighted by Crippen LogP contribution is 2.19. The van der Waals surface area contributed by atoms with Crippen molar-refractivity contribution < 1.29 is 9.59 Å². The van der Waals surface area contributed by atoms with Gasteiger partial charge in [-0.3, -0.25) is 14.6 Å². The Morgan fingerprint density at radius 2 is 1.96 bits per heavy atom. The van der Waals surface area contributed by atoms with Crippen LogP contribution in [-0.4, -0.2) is 50.8 Å². The highest BCUT2D eigenvalue weighted by molar-refractivity contribution is 6.03. The Hall–Kier alpha value is -2.77. The van der Waals surface area contributed by atoms with Gasteiger partial charge in [-0.1, -0.05) is 5.21 Å². The number of nitrogens with zero attached hydrogens (tertiary/aromatic N) is 5. The van der Waals surface area contributed by atoms with E-state index in [4.69, 9.17) is 0 Å². The van der Waals surface area contributed by atoms with Crippen LogP contribution in [-0.2, 0) is 11.3 Å². The summed E-state index contributed by atoms with van der Waals surface area (Å²) in [5, 5.41) is 10.4. The molecule has 2 aromatic rings. The van der Waals surface area contributed by atoms with E-state index < -0.39 is 0 Å². The molecule has 0 spiro atoms. The molecule has 0 saturated heterocycles. The van der Waals surface area contributed by atoms with Gasteiger partial charge in [-0.2, -0.15) is 0 Å². The van der Waals surface area contributed by atoms with Gasteiger partial charge in [0.05, 0.1) is 17.6 Å². The van der Waals surface area contributed by atoms with E-state index in [0.29, 0.717) is 5.69 Å². The van der Waals surface area contributed by atoms with E-state index in [1.807, 2.05) is 26.8 Å². The largest absolute Gasteiger partial charge is 0.347 e. The molecule has 0 aliphatic rings. The van der Waals surface area contributed by atoms with Crippen LogP contribution in [0.2, 0.25) is 0 Å². The SMILES string of the molecule is Cc1cc(C)c(NC(=O)c2cn(CC(=O)N(C)C)nn2)c(C)n1. The Morgan fingerprint density at radius 3 is 2.57 bits per heavy atom. The molecule has 0 aliphatic carbocycles. The van der Waals surface area contributed by atoms with E-state index in [0.717, 1.165) is 17.0 Å². The minimum Gasteiger partial charge on any atom is -0.347 e. The molecule has 0 saturated carbocycles. The maximum Gasteiger partial charge on any atom is 0.277 e. The van der Waals surface area contributed by atoms with Crippen molar-refractivity contribution in [1.29, 1.82) is 0 Å². The lowest BCUT2D eigenvalue weighted by molar-refractivity contribution is -0.129. The van der Waals surface area contributed by atoms with Gasteiger partial charge in [-0.25, -0.2) is 4.68 Å². The van der Waals surface area contributed by atoms with Crippen molar-refractivity contribution in [1.82, 2.24) is 24.9 Å². The second-order valence-corrected chi connectivity index (χ2v) is 5.58. The zero-order chi connectivity index (χ0) is 17.1. The Balaban J connectivity index is 2.13. The van der Waals surface area contributed by atoms with Gasteiger partial charge < -0.3 is 10.2 Å². The fourth-order valence-electron chi connectivity index (χ4n) is 2.15. The first-order valence-corrected chi connectivity index (χ1v) is 7.14. The fourth-order valence-corrected chi connectivity index (χ4v) is 2.15. The molecule has 0 unspecified atom stereocenters. The summed E-state index contributed by atoms with van der Waals surface area (Å²) < 4.78 is 1.34. The fraction of sp³-hybridized carbons (Fsp3) is 0.400. The van der Waals surface area contributed by atoms with Crippen LogP contribution < -0.4 is 5.32 Å². The number of hydrogen-bond donors (Lipinski definition) is 1. The van der Waals surface area contributed by atoms with Crippen molar-refractivity contribution in [2.45, 2.75) is 27.3 Å². The van der Waals surface area contributed by atoms with Crippen molar-refractivity contribution in [3.05, 3.63) is 34.9 Å². The number of rotatable bonds is 4. The molecule has 8 nitrogen and oxygen atoms in total. The van der Waals surface area contributed by atoms with Gasteiger partial charge in [0, 0.05) is 19.8 Å². The van der Waals surface area contributed by atoms with Crippen LogP contribution in [0.1, 0.15) is 27.4 Å². The highest BCUT2D eigenvalue weighted by Gasteiger charge is 2.15. The number of aryl methyl sites for hydroxylation is 3. The predicted octanol–water partition coefficient (Wildman–Crippen LogP) is 0.939. The number of anilines is 1. The van der Waals surface area contributed by atoms with Crippen LogP contribution in [0.15, 0.2) is 12.3 Å². The molecular formula is C15H20N6O2. The minimum absolute atomic E-state index is 0.0391. The first-order valence-electron chi connectivity index (χ1n) is 7.14. The van der Waals surface area contributed by atoms with Gasteiger partial charge in [0.25, 0.3) is 5.91 Å². The summed E-state index contributed by atoms with van der Waals surface area (Å²) in [6, 6.07) is 1.90. The minimum atomic E-state index is -0.384. The Morgan fingerprint density at radius 1 is 1.26 bits per heavy atom. The quantitative estimate of drug-likeness (QED) is 0.906. The van der Waals surface area contributed by atoms with Crippen molar-refractivity contribution in [3.63, 3.8) is 0 Å². The number of hydrogen-bond acceptors (Lipinski definition) is 5. The van der Waals surface area contributed by atoms with Crippen molar-refractivity contribution in [3.8, 4) is 0 Å². The van der Waals surface area contributed by atoms with Crippen molar-refractivity contribution in [2.75, 3.05) is 19.4 Å². The Labute approximate surface area is 134 Å². The van der Waals surface area contributed by atoms with Crippen LogP contribution in [0.25, 0.3) is 0 Å². The molecule has 0 atom stereocenters. The number of amides is 2. The Bertz CT molecular complexity index is 727. The van der Waals surface area contributed by atoms with Gasteiger partial charge in [0.15, 0.2) is 5.69 Å². The molecule has 23 heavy (non-hydrogen) atoms. The van der Waals surface area contributed by atoms with Crippen molar-refractivity contribution >= 4 is 17.5 Å². The molecule has 0 radical (unpaired) electrons. The van der Waals surface area contributed by atoms with Gasteiger partial charge in [0.1, 0.15) is 6.54 Å². The smallest absolute Gasteiger partial charge is 0.277 e. The van der Waals surface area contributed by atoms with Gasteiger partial charge in [0.2, 0.25) is 5.91 Å². The maximum atomic E-state index is 12.3. The van der Waals surface area contributed by atoms with E-state index in [-0.39, 0.29) is 24.1 Å². The third-order valence-corrected chi connectivity index (χ3v) is 3.33. The number of carbonyl (C=O) groups is 2. The van der Waals surface area contributed by atoms with E-state index in [9.17, 15) is 9.59 Å². The number of carbonyl (C=O) groups excluding carboxylic acids is 2. The molecule has 2 aromatic heterocycles. The molecular weight excluding hydrogens is 296 g/mol. The summed E-state index contributed by atoms with van der Waals surface area (Å²) >= 11 is 0. The van der Waals surface area contributed by atoms with E-state index in [1.54, 1.807) is 14.1 Å². The van der Waals surface area contributed by atoms with Gasteiger partial charge in [-0.05, 0) is 32.4 Å². The average molecular weight is 316 g/mol. The van der Waals surface area contributed by atoms with E-state index >= 15 is 0 Å². The topological polar surface area (TPSA) is 93.0 Å². The zero-order valence-corrected chi connectivity index (χ0v) is 13.9. The molecule has 0 fully saturated rings. The molecule has 2 amide bonds. The monoisotopic (exact) mass is 316 g/mol. The number of likely N-dealkylation sites (N-methyl/N-ethyl adjacent to an activating group) is 1. The standard InChI is InChI=1S/C15H20N6O2/c1-9-6-10(2)16-11(3)14(9)17-15(23)12-7-21(19-18-12)8-13(22)20(4)5/h6-7H,8H2,1-5H3,(H,17,23). The lowest BCUT2D eigenvalue weighted by atomic mass is 10.1. The predicted molar refractivity (Wildman–Crippen MR) is 85.1 cm³/mol. The summed E-state index contributed by atoms with van der Waals surface area (Å²) in [7, 11) is 3.31. The third kappa shape index (κ3) is 3.91. The normalized spacial score (nSPS) is 10.5. The Kier molecular flexibility index (Phi) is 4.73. The molecule has 0 aliphatic heterocycles. The molecule has 2 rings (SSSR count). The summed E-state index contributed by atoms with van der Waals surface area (Å²) in [5.41, 5.74) is 3.38.